The molecule has 3 nitrogen and oxygen atoms in total. The lowest BCUT2D eigenvalue weighted by molar-refractivity contribution is 1.09. The molecule has 0 saturated carbocycles. The van der Waals surface area contributed by atoms with Crippen LogP contribution in [-0.4, -0.2) is 15.2 Å². The molecule has 78 valence electrons. The molecule has 0 amide bonds. The van der Waals surface area contributed by atoms with Crippen molar-refractivity contribution in [1.29, 1.82) is 0 Å². The zero-order valence-corrected chi connectivity index (χ0v) is 9.07. The predicted molar refractivity (Wildman–Crippen MR) is 64.3 cm³/mol. The molecule has 2 aromatic heterocycles. The van der Waals surface area contributed by atoms with Crippen molar-refractivity contribution in [3.8, 4) is 11.3 Å². The third kappa shape index (κ3) is 1.55. The summed E-state index contributed by atoms with van der Waals surface area (Å²) in [6.45, 7) is 0. The first-order valence-corrected chi connectivity index (χ1v) is 5.26. The zero-order valence-electron chi connectivity index (χ0n) is 8.31. The van der Waals surface area contributed by atoms with Crippen LogP contribution < -0.4 is 0 Å². The van der Waals surface area contributed by atoms with Crippen molar-refractivity contribution in [3.05, 3.63) is 47.7 Å². The van der Waals surface area contributed by atoms with Crippen molar-refractivity contribution in [2.24, 2.45) is 0 Å². The van der Waals surface area contributed by atoms with Gasteiger partial charge in [0.1, 0.15) is 0 Å². The minimum Gasteiger partial charge on any atom is -0.285 e. The van der Waals surface area contributed by atoms with Crippen LogP contribution in [0.5, 0.6) is 0 Å². The number of nitrogens with zero attached hydrogens (tertiary/aromatic N) is 2. The molecule has 0 spiro atoms. The third-order valence-corrected chi connectivity index (χ3v) is 2.68. The second-order valence-electron chi connectivity index (χ2n) is 3.52. The molecule has 0 aliphatic heterocycles. The number of benzene rings is 1. The molecular weight excluding hydrogens is 222 g/mol. The van der Waals surface area contributed by atoms with Gasteiger partial charge in [0.15, 0.2) is 0 Å². The van der Waals surface area contributed by atoms with Gasteiger partial charge in [0.25, 0.3) is 0 Å². The number of fused-ring (bicyclic) bond motifs is 1. The first kappa shape index (κ1) is 9.36. The van der Waals surface area contributed by atoms with Gasteiger partial charge in [-0.1, -0.05) is 17.7 Å². The molecule has 0 fully saturated rings. The average Bonchev–Trinajstić information content (AvgIpc) is 2.82. The Morgan fingerprint density at radius 2 is 2.06 bits per heavy atom. The van der Waals surface area contributed by atoms with Gasteiger partial charge >= 0.3 is 0 Å². The Balaban J connectivity index is 2.20. The van der Waals surface area contributed by atoms with Gasteiger partial charge in [0.05, 0.1) is 17.4 Å². The summed E-state index contributed by atoms with van der Waals surface area (Å²) in [6, 6.07) is 9.64. The van der Waals surface area contributed by atoms with Gasteiger partial charge in [0.2, 0.25) is 0 Å². The van der Waals surface area contributed by atoms with E-state index < -0.39 is 0 Å². The molecular formula is C12H8ClN3. The molecule has 16 heavy (non-hydrogen) atoms. The van der Waals surface area contributed by atoms with Crippen LogP contribution in [0.4, 0.5) is 0 Å². The van der Waals surface area contributed by atoms with Crippen LogP contribution in [0.1, 0.15) is 0 Å². The standard InChI is InChI=1S/C12H8ClN3/c13-10-2-4-11-8(5-10)1-3-12(16-11)9-6-14-15-7-9/h1-7H,(H,14,15). The fourth-order valence-electron chi connectivity index (χ4n) is 1.65. The monoisotopic (exact) mass is 229 g/mol. The smallest absolute Gasteiger partial charge is 0.0741 e. The molecule has 4 heteroatoms. The second-order valence-corrected chi connectivity index (χ2v) is 3.96. The number of pyridine rings is 1. The summed E-state index contributed by atoms with van der Waals surface area (Å²) < 4.78 is 0. The van der Waals surface area contributed by atoms with E-state index in [0.29, 0.717) is 0 Å². The largest absolute Gasteiger partial charge is 0.285 e. The Hall–Kier alpha value is -1.87. The first-order chi connectivity index (χ1) is 7.83. The maximum Gasteiger partial charge on any atom is 0.0741 e. The van der Waals surface area contributed by atoms with E-state index in [9.17, 15) is 0 Å². The topological polar surface area (TPSA) is 41.6 Å². The van der Waals surface area contributed by atoms with E-state index in [2.05, 4.69) is 15.2 Å². The number of aromatic amines is 1. The number of aromatic nitrogens is 3. The third-order valence-electron chi connectivity index (χ3n) is 2.45. The predicted octanol–water partition coefficient (Wildman–Crippen LogP) is 3.28. The highest BCUT2D eigenvalue weighted by Gasteiger charge is 2.02. The summed E-state index contributed by atoms with van der Waals surface area (Å²) >= 11 is 5.92. The Kier molecular flexibility index (Phi) is 2.11. The molecule has 1 N–H and O–H groups in total. The Morgan fingerprint density at radius 3 is 2.88 bits per heavy atom. The number of hydrogen-bond acceptors (Lipinski definition) is 2. The van der Waals surface area contributed by atoms with Crippen molar-refractivity contribution in [1.82, 2.24) is 15.2 Å². The molecule has 0 aliphatic carbocycles. The zero-order chi connectivity index (χ0) is 11.0. The van der Waals surface area contributed by atoms with E-state index >= 15 is 0 Å². The molecule has 2 heterocycles. The van der Waals surface area contributed by atoms with E-state index in [0.717, 1.165) is 27.2 Å². The fourth-order valence-corrected chi connectivity index (χ4v) is 1.83. The molecule has 0 radical (unpaired) electrons. The lowest BCUT2D eigenvalue weighted by Crippen LogP contribution is -1.83. The highest BCUT2D eigenvalue weighted by molar-refractivity contribution is 6.31. The van der Waals surface area contributed by atoms with Crippen LogP contribution in [0.3, 0.4) is 0 Å². The van der Waals surface area contributed by atoms with E-state index in [1.807, 2.05) is 36.5 Å². The van der Waals surface area contributed by atoms with Crippen LogP contribution in [0, 0.1) is 0 Å². The lowest BCUT2D eigenvalue weighted by atomic mass is 10.1. The summed E-state index contributed by atoms with van der Waals surface area (Å²) in [5.74, 6) is 0. The number of H-pyrrole nitrogens is 1. The van der Waals surface area contributed by atoms with Crippen LogP contribution in [0.15, 0.2) is 42.7 Å². The van der Waals surface area contributed by atoms with E-state index in [1.165, 1.54) is 0 Å². The van der Waals surface area contributed by atoms with Gasteiger partial charge in [-0.15, -0.1) is 0 Å². The van der Waals surface area contributed by atoms with E-state index in [4.69, 9.17) is 11.6 Å². The highest BCUT2D eigenvalue weighted by Crippen LogP contribution is 2.22. The van der Waals surface area contributed by atoms with Crippen LogP contribution >= 0.6 is 11.6 Å². The van der Waals surface area contributed by atoms with Crippen molar-refractivity contribution in [3.63, 3.8) is 0 Å². The number of rotatable bonds is 1. The Labute approximate surface area is 97.1 Å². The molecule has 0 unspecified atom stereocenters. The molecule has 3 aromatic rings. The van der Waals surface area contributed by atoms with Crippen molar-refractivity contribution in [2.45, 2.75) is 0 Å². The quantitative estimate of drug-likeness (QED) is 0.696. The van der Waals surface area contributed by atoms with Gasteiger partial charge in [-0.25, -0.2) is 4.98 Å². The maximum atomic E-state index is 5.92. The van der Waals surface area contributed by atoms with Gasteiger partial charge < -0.3 is 0 Å². The highest BCUT2D eigenvalue weighted by atomic mass is 35.5. The van der Waals surface area contributed by atoms with Crippen molar-refractivity contribution in [2.75, 3.05) is 0 Å². The van der Waals surface area contributed by atoms with Crippen LogP contribution in [0.25, 0.3) is 22.2 Å². The number of hydrogen-bond donors (Lipinski definition) is 1. The van der Waals surface area contributed by atoms with Crippen molar-refractivity contribution >= 4 is 22.5 Å². The summed E-state index contributed by atoms with van der Waals surface area (Å²) in [4.78, 5) is 4.54. The summed E-state index contributed by atoms with van der Waals surface area (Å²) in [6.07, 6.45) is 3.58. The normalized spacial score (nSPS) is 10.8. The van der Waals surface area contributed by atoms with Crippen LogP contribution in [0.2, 0.25) is 5.02 Å². The van der Waals surface area contributed by atoms with Gasteiger partial charge in [-0.2, -0.15) is 5.10 Å². The molecule has 0 atom stereocenters. The average molecular weight is 230 g/mol. The first-order valence-electron chi connectivity index (χ1n) is 4.88. The number of halogens is 1. The van der Waals surface area contributed by atoms with Gasteiger partial charge in [0, 0.05) is 22.2 Å². The second kappa shape index (κ2) is 3.61. The van der Waals surface area contributed by atoms with Crippen molar-refractivity contribution < 1.29 is 0 Å². The Bertz CT molecular complexity index is 632. The Morgan fingerprint density at radius 1 is 1.12 bits per heavy atom. The lowest BCUT2D eigenvalue weighted by Gasteiger charge is -2.00. The minimum atomic E-state index is 0.727. The summed E-state index contributed by atoms with van der Waals surface area (Å²) in [5, 5.41) is 8.45. The molecule has 0 aliphatic rings. The van der Waals surface area contributed by atoms with E-state index in [-0.39, 0.29) is 0 Å². The molecule has 0 saturated heterocycles. The molecule has 1 aromatic carbocycles. The molecule has 3 rings (SSSR count). The fraction of sp³-hybridized carbons (Fsp3) is 0. The summed E-state index contributed by atoms with van der Waals surface area (Å²) in [5.41, 5.74) is 2.82. The number of nitrogens with one attached hydrogen (secondary N) is 1. The molecule has 0 bridgehead atoms. The SMILES string of the molecule is Clc1ccc2nc(-c3cn[nH]c3)ccc2c1. The summed E-state index contributed by atoms with van der Waals surface area (Å²) in [7, 11) is 0. The van der Waals surface area contributed by atoms with Gasteiger partial charge in [-0.05, 0) is 24.3 Å². The van der Waals surface area contributed by atoms with Crippen LogP contribution in [-0.2, 0) is 0 Å². The van der Waals surface area contributed by atoms with Gasteiger partial charge in [-0.3, -0.25) is 5.10 Å². The minimum absolute atomic E-state index is 0.727. The van der Waals surface area contributed by atoms with E-state index in [1.54, 1.807) is 6.20 Å². The maximum absolute atomic E-state index is 5.92.